The number of methoxy groups -OCH3 is 1. The summed E-state index contributed by atoms with van der Waals surface area (Å²) in [7, 11) is 1.69. The van der Waals surface area contributed by atoms with E-state index in [2.05, 4.69) is 77.2 Å². The normalized spacial score (nSPS) is 12.1. The largest absolute Gasteiger partial charge is 0.497 e. The molecule has 0 heterocycles. The van der Waals surface area contributed by atoms with E-state index in [1.807, 2.05) is 12.1 Å². The molecule has 0 aromatic heterocycles. The first kappa shape index (κ1) is 20.4. The van der Waals surface area contributed by atoms with Crippen LogP contribution in [0, 0.1) is 5.41 Å². The van der Waals surface area contributed by atoms with Gasteiger partial charge in [-0.25, -0.2) is 0 Å². The van der Waals surface area contributed by atoms with Crippen LogP contribution in [-0.2, 0) is 11.8 Å². The number of benzene rings is 2. The summed E-state index contributed by atoms with van der Waals surface area (Å²) in [6.07, 6.45) is 3.38. The average molecular weight is 354 g/mol. The maximum atomic E-state index is 5.24. The van der Waals surface area contributed by atoms with Gasteiger partial charge < -0.3 is 10.1 Å². The summed E-state index contributed by atoms with van der Waals surface area (Å²) < 4.78 is 5.24. The van der Waals surface area contributed by atoms with Gasteiger partial charge in [-0.3, -0.25) is 0 Å². The average Bonchev–Trinajstić information content (AvgIpc) is 2.67. The van der Waals surface area contributed by atoms with E-state index in [0.717, 1.165) is 17.9 Å². The summed E-state index contributed by atoms with van der Waals surface area (Å²) >= 11 is 0. The van der Waals surface area contributed by atoms with E-state index >= 15 is 0 Å². The molecular formula is C24H35NO. The number of nitrogens with one attached hydrogen (secondary N) is 1. The summed E-state index contributed by atoms with van der Waals surface area (Å²) in [6.45, 7) is 14.1. The molecule has 0 radical (unpaired) electrons. The fourth-order valence-corrected chi connectivity index (χ4v) is 3.71. The smallest absolute Gasteiger partial charge is 0.119 e. The Balaban J connectivity index is 2.34. The molecule has 0 aliphatic heterocycles. The fourth-order valence-electron chi connectivity index (χ4n) is 3.71. The SMILES string of the molecule is CCc1cc(C(C)(C)C(C)(CC)CC)ccc1Nc1ccc(OC)cc1. The van der Waals surface area contributed by atoms with Crippen molar-refractivity contribution in [2.45, 2.75) is 66.2 Å². The Bertz CT molecular complexity index is 711. The fraction of sp³-hybridized carbons (Fsp3) is 0.500. The van der Waals surface area contributed by atoms with Crippen molar-refractivity contribution in [3.05, 3.63) is 53.6 Å². The third kappa shape index (κ3) is 3.90. The zero-order valence-electron chi connectivity index (χ0n) is 17.6. The lowest BCUT2D eigenvalue weighted by atomic mass is 9.60. The first-order chi connectivity index (χ1) is 12.3. The number of hydrogen-bond acceptors (Lipinski definition) is 2. The molecule has 2 aromatic carbocycles. The van der Waals surface area contributed by atoms with Gasteiger partial charge in [-0.2, -0.15) is 0 Å². The second-order valence-corrected chi connectivity index (χ2v) is 7.97. The van der Waals surface area contributed by atoms with E-state index in [1.165, 1.54) is 29.7 Å². The zero-order valence-corrected chi connectivity index (χ0v) is 17.6. The van der Waals surface area contributed by atoms with Gasteiger partial charge in [0.25, 0.3) is 0 Å². The van der Waals surface area contributed by atoms with Crippen molar-refractivity contribution >= 4 is 11.4 Å². The Labute approximate surface area is 160 Å². The lowest BCUT2D eigenvalue weighted by Gasteiger charge is -2.44. The summed E-state index contributed by atoms with van der Waals surface area (Å²) in [5.74, 6) is 0.877. The van der Waals surface area contributed by atoms with Gasteiger partial charge in [0, 0.05) is 11.4 Å². The van der Waals surface area contributed by atoms with E-state index in [0.29, 0.717) is 5.41 Å². The highest BCUT2D eigenvalue weighted by Crippen LogP contribution is 2.47. The maximum absolute atomic E-state index is 5.24. The van der Waals surface area contributed by atoms with Crippen molar-refractivity contribution < 1.29 is 4.74 Å². The van der Waals surface area contributed by atoms with Crippen molar-refractivity contribution in [1.29, 1.82) is 0 Å². The summed E-state index contributed by atoms with van der Waals surface area (Å²) in [4.78, 5) is 0. The number of ether oxygens (including phenoxy) is 1. The van der Waals surface area contributed by atoms with E-state index in [9.17, 15) is 0 Å². The van der Waals surface area contributed by atoms with Gasteiger partial charge >= 0.3 is 0 Å². The first-order valence-corrected chi connectivity index (χ1v) is 9.85. The van der Waals surface area contributed by atoms with Gasteiger partial charge in [0.15, 0.2) is 0 Å². The topological polar surface area (TPSA) is 21.3 Å². The lowest BCUT2D eigenvalue weighted by Crippen LogP contribution is -2.38. The molecule has 1 N–H and O–H groups in total. The van der Waals surface area contributed by atoms with Crippen LogP contribution in [0.25, 0.3) is 0 Å². The maximum Gasteiger partial charge on any atom is 0.119 e. The van der Waals surface area contributed by atoms with Crippen LogP contribution < -0.4 is 10.1 Å². The number of hydrogen-bond donors (Lipinski definition) is 1. The summed E-state index contributed by atoms with van der Waals surface area (Å²) in [5.41, 5.74) is 5.50. The van der Waals surface area contributed by atoms with Gasteiger partial charge in [0.1, 0.15) is 5.75 Å². The van der Waals surface area contributed by atoms with E-state index in [1.54, 1.807) is 7.11 Å². The van der Waals surface area contributed by atoms with Crippen LogP contribution >= 0.6 is 0 Å². The minimum atomic E-state index is 0.138. The van der Waals surface area contributed by atoms with Crippen molar-refractivity contribution in [3.8, 4) is 5.75 Å². The van der Waals surface area contributed by atoms with Gasteiger partial charge in [-0.1, -0.05) is 53.7 Å². The third-order valence-corrected chi connectivity index (χ3v) is 6.65. The monoisotopic (exact) mass is 353 g/mol. The van der Waals surface area contributed by atoms with E-state index < -0.39 is 0 Å². The minimum absolute atomic E-state index is 0.138. The predicted octanol–water partition coefficient (Wildman–Crippen LogP) is 7.11. The van der Waals surface area contributed by atoms with Crippen LogP contribution in [0.1, 0.15) is 65.5 Å². The van der Waals surface area contributed by atoms with E-state index in [-0.39, 0.29) is 5.41 Å². The van der Waals surface area contributed by atoms with Crippen LogP contribution in [0.3, 0.4) is 0 Å². The molecule has 0 saturated carbocycles. The Morgan fingerprint density at radius 3 is 2.00 bits per heavy atom. The lowest BCUT2D eigenvalue weighted by molar-refractivity contribution is 0.155. The molecule has 142 valence electrons. The van der Waals surface area contributed by atoms with Crippen LogP contribution in [0.4, 0.5) is 11.4 Å². The Hall–Kier alpha value is -1.96. The first-order valence-electron chi connectivity index (χ1n) is 9.85. The van der Waals surface area contributed by atoms with Crippen LogP contribution in [0.15, 0.2) is 42.5 Å². The predicted molar refractivity (Wildman–Crippen MR) is 114 cm³/mol. The van der Waals surface area contributed by atoms with Crippen molar-refractivity contribution in [2.24, 2.45) is 5.41 Å². The number of anilines is 2. The minimum Gasteiger partial charge on any atom is -0.497 e. The highest BCUT2D eigenvalue weighted by molar-refractivity contribution is 5.64. The molecule has 0 bridgehead atoms. The number of aryl methyl sites for hydroxylation is 1. The third-order valence-electron chi connectivity index (χ3n) is 6.65. The second-order valence-electron chi connectivity index (χ2n) is 7.97. The molecule has 0 fully saturated rings. The van der Waals surface area contributed by atoms with Crippen molar-refractivity contribution in [3.63, 3.8) is 0 Å². The quantitative estimate of drug-likeness (QED) is 0.546. The molecule has 0 atom stereocenters. The molecule has 0 spiro atoms. The molecule has 0 aliphatic carbocycles. The zero-order chi connectivity index (χ0) is 19.4. The van der Waals surface area contributed by atoms with Crippen LogP contribution in [0.2, 0.25) is 0 Å². The molecule has 2 aromatic rings. The van der Waals surface area contributed by atoms with Gasteiger partial charge in [0.2, 0.25) is 0 Å². The Morgan fingerprint density at radius 1 is 0.885 bits per heavy atom. The molecule has 2 rings (SSSR count). The standard InChI is InChI=1S/C24H35NO/c1-8-18-17-19(23(4,5)24(6,9-2)10-3)11-16-22(18)25-20-12-14-21(26-7)15-13-20/h11-17,25H,8-10H2,1-7H3. The molecule has 0 amide bonds. The number of rotatable bonds is 8. The summed E-state index contributed by atoms with van der Waals surface area (Å²) in [5, 5.41) is 3.56. The molecular weight excluding hydrogens is 318 g/mol. The molecule has 26 heavy (non-hydrogen) atoms. The Kier molecular flexibility index (Phi) is 6.39. The van der Waals surface area contributed by atoms with Gasteiger partial charge in [-0.05, 0) is 71.6 Å². The van der Waals surface area contributed by atoms with E-state index in [4.69, 9.17) is 4.74 Å². The molecule has 0 aliphatic rings. The van der Waals surface area contributed by atoms with Gasteiger partial charge in [-0.15, -0.1) is 0 Å². The van der Waals surface area contributed by atoms with Gasteiger partial charge in [0.05, 0.1) is 7.11 Å². The molecule has 0 unspecified atom stereocenters. The second kappa shape index (κ2) is 8.16. The van der Waals surface area contributed by atoms with Crippen molar-refractivity contribution in [2.75, 3.05) is 12.4 Å². The highest BCUT2D eigenvalue weighted by Gasteiger charge is 2.39. The molecule has 2 nitrogen and oxygen atoms in total. The Morgan fingerprint density at radius 2 is 1.50 bits per heavy atom. The van der Waals surface area contributed by atoms with Crippen LogP contribution in [0.5, 0.6) is 5.75 Å². The summed E-state index contributed by atoms with van der Waals surface area (Å²) in [6, 6.07) is 15.0. The molecule has 2 heteroatoms. The molecule has 0 saturated heterocycles. The van der Waals surface area contributed by atoms with Crippen molar-refractivity contribution in [1.82, 2.24) is 0 Å². The van der Waals surface area contributed by atoms with Crippen LogP contribution in [-0.4, -0.2) is 7.11 Å². The highest BCUT2D eigenvalue weighted by atomic mass is 16.5.